The van der Waals surface area contributed by atoms with Crippen LogP contribution in [-0.4, -0.2) is 38.3 Å². The molecule has 0 bridgehead atoms. The Hall–Kier alpha value is -2.63. The molecular weight excluding hydrogens is 358 g/mol. The Morgan fingerprint density at radius 3 is 2.61 bits per heavy atom. The first-order valence-corrected chi connectivity index (χ1v) is 9.77. The number of ketones is 1. The van der Waals surface area contributed by atoms with E-state index < -0.39 is 11.8 Å². The lowest BCUT2D eigenvalue weighted by Crippen LogP contribution is -2.38. The fraction of sp³-hybridized carbons (Fsp3) is 0.500. The van der Waals surface area contributed by atoms with Gasteiger partial charge in [0.1, 0.15) is 17.4 Å². The van der Waals surface area contributed by atoms with E-state index in [2.05, 4.69) is 0 Å². The van der Waals surface area contributed by atoms with Crippen molar-refractivity contribution in [3.05, 3.63) is 35.0 Å². The minimum atomic E-state index is -0.647. The summed E-state index contributed by atoms with van der Waals surface area (Å²) in [6.07, 6.45) is 2.60. The Kier molecular flexibility index (Phi) is 6.17. The molecule has 28 heavy (non-hydrogen) atoms. The Balaban J connectivity index is 2.25. The van der Waals surface area contributed by atoms with Gasteiger partial charge in [-0.1, -0.05) is 6.92 Å². The van der Waals surface area contributed by atoms with Gasteiger partial charge in [-0.05, 0) is 44.4 Å². The maximum atomic E-state index is 13.0. The van der Waals surface area contributed by atoms with Crippen molar-refractivity contribution in [2.75, 3.05) is 20.8 Å². The van der Waals surface area contributed by atoms with Gasteiger partial charge in [0.05, 0.1) is 20.8 Å². The van der Waals surface area contributed by atoms with Gasteiger partial charge < -0.3 is 14.2 Å². The van der Waals surface area contributed by atoms with E-state index in [0.29, 0.717) is 29.9 Å². The van der Waals surface area contributed by atoms with Gasteiger partial charge in [-0.3, -0.25) is 14.6 Å². The van der Waals surface area contributed by atoms with E-state index in [1.807, 2.05) is 13.0 Å². The van der Waals surface area contributed by atoms with Crippen LogP contribution in [0, 0.1) is 5.92 Å². The van der Waals surface area contributed by atoms with E-state index in [1.165, 1.54) is 0 Å². The normalized spacial score (nSPS) is 21.7. The first-order valence-electron chi connectivity index (χ1n) is 9.77. The van der Waals surface area contributed by atoms with Gasteiger partial charge in [-0.15, -0.1) is 0 Å². The molecule has 2 aliphatic rings. The molecule has 1 heterocycles. The fourth-order valence-electron chi connectivity index (χ4n) is 4.14. The summed E-state index contributed by atoms with van der Waals surface area (Å²) >= 11 is 0. The second kappa shape index (κ2) is 8.59. The number of carbonyl (C=O) groups is 2. The summed E-state index contributed by atoms with van der Waals surface area (Å²) in [5.41, 5.74) is 2.92. The molecule has 2 atom stereocenters. The van der Waals surface area contributed by atoms with Crippen molar-refractivity contribution in [3.63, 3.8) is 0 Å². The Labute approximate surface area is 165 Å². The molecule has 1 aliphatic heterocycles. The molecule has 1 unspecified atom stereocenters. The van der Waals surface area contributed by atoms with Crippen molar-refractivity contribution in [2.45, 2.75) is 45.4 Å². The Bertz CT molecular complexity index is 839. The first kappa shape index (κ1) is 20.1. The van der Waals surface area contributed by atoms with Crippen LogP contribution in [0.1, 0.15) is 51.0 Å². The molecule has 6 nitrogen and oxygen atoms in total. The number of methoxy groups -OCH3 is 2. The van der Waals surface area contributed by atoms with Crippen LogP contribution < -0.4 is 9.47 Å². The van der Waals surface area contributed by atoms with Crippen molar-refractivity contribution in [2.24, 2.45) is 10.9 Å². The molecule has 0 aromatic heterocycles. The summed E-state index contributed by atoms with van der Waals surface area (Å²) < 4.78 is 16.4. The van der Waals surface area contributed by atoms with Gasteiger partial charge in [-0.2, -0.15) is 0 Å². The van der Waals surface area contributed by atoms with Gasteiger partial charge in [0.2, 0.25) is 0 Å². The van der Waals surface area contributed by atoms with E-state index in [0.717, 1.165) is 29.8 Å². The summed E-state index contributed by atoms with van der Waals surface area (Å²) in [5.74, 6) is -0.189. The van der Waals surface area contributed by atoms with Crippen molar-refractivity contribution >= 4 is 17.5 Å². The predicted molar refractivity (Wildman–Crippen MR) is 106 cm³/mol. The number of carbonyl (C=O) groups excluding carboxylic acids is 2. The third-order valence-corrected chi connectivity index (χ3v) is 5.39. The number of Topliss-reactive ketones (excluding diaryl/α,β-unsaturated/α-hetero) is 1. The average Bonchev–Trinajstić information content (AvgIpc) is 2.72. The van der Waals surface area contributed by atoms with E-state index in [4.69, 9.17) is 19.2 Å². The van der Waals surface area contributed by atoms with Crippen molar-refractivity contribution in [1.29, 1.82) is 0 Å². The number of ether oxygens (including phenoxy) is 3. The molecule has 1 aliphatic carbocycles. The number of benzene rings is 1. The third-order valence-electron chi connectivity index (χ3n) is 5.39. The lowest BCUT2D eigenvalue weighted by Gasteiger charge is -2.35. The number of aliphatic imine (C=N–C) groups is 1. The van der Waals surface area contributed by atoms with Crippen LogP contribution in [0.3, 0.4) is 0 Å². The first-order chi connectivity index (χ1) is 13.5. The molecule has 1 aromatic carbocycles. The maximum absolute atomic E-state index is 13.0. The fourth-order valence-corrected chi connectivity index (χ4v) is 4.14. The van der Waals surface area contributed by atoms with E-state index in [9.17, 15) is 9.59 Å². The Morgan fingerprint density at radius 2 is 1.96 bits per heavy atom. The number of hydrogen-bond donors (Lipinski definition) is 0. The second-order valence-electron chi connectivity index (χ2n) is 6.91. The lowest BCUT2D eigenvalue weighted by atomic mass is 9.71. The van der Waals surface area contributed by atoms with Gasteiger partial charge in [0.25, 0.3) is 0 Å². The van der Waals surface area contributed by atoms with Crippen LogP contribution in [0.25, 0.3) is 0 Å². The highest BCUT2D eigenvalue weighted by Gasteiger charge is 2.45. The predicted octanol–water partition coefficient (Wildman–Crippen LogP) is 3.84. The van der Waals surface area contributed by atoms with E-state index >= 15 is 0 Å². The maximum Gasteiger partial charge on any atom is 0.315 e. The van der Waals surface area contributed by atoms with Crippen molar-refractivity contribution in [1.82, 2.24) is 0 Å². The summed E-state index contributed by atoms with van der Waals surface area (Å²) in [6, 6.07) is 5.46. The van der Waals surface area contributed by atoms with Crippen LogP contribution in [0.2, 0.25) is 0 Å². The number of hydrogen-bond acceptors (Lipinski definition) is 6. The van der Waals surface area contributed by atoms with Crippen molar-refractivity contribution < 1.29 is 23.8 Å². The van der Waals surface area contributed by atoms with Gasteiger partial charge in [0, 0.05) is 34.9 Å². The molecule has 0 N–H and O–H groups in total. The van der Waals surface area contributed by atoms with Crippen LogP contribution >= 0.6 is 0 Å². The zero-order valence-corrected chi connectivity index (χ0v) is 16.9. The van der Waals surface area contributed by atoms with Crippen LogP contribution in [0.5, 0.6) is 11.5 Å². The summed E-state index contributed by atoms with van der Waals surface area (Å²) in [4.78, 5) is 30.6. The molecule has 0 amide bonds. The molecule has 0 saturated heterocycles. The number of rotatable bonds is 6. The number of esters is 1. The monoisotopic (exact) mass is 385 g/mol. The molecule has 1 aromatic rings. The van der Waals surface area contributed by atoms with Gasteiger partial charge in [0.15, 0.2) is 5.78 Å². The summed E-state index contributed by atoms with van der Waals surface area (Å²) in [7, 11) is 3.17. The highest BCUT2D eigenvalue weighted by molar-refractivity contribution is 6.09. The van der Waals surface area contributed by atoms with Crippen LogP contribution in [0.4, 0.5) is 0 Å². The van der Waals surface area contributed by atoms with Crippen LogP contribution in [0.15, 0.2) is 34.5 Å². The smallest absolute Gasteiger partial charge is 0.315 e. The number of nitrogens with zero attached hydrogens (tertiary/aromatic N) is 1. The Morgan fingerprint density at radius 1 is 1.18 bits per heavy atom. The molecule has 0 spiro atoms. The highest BCUT2D eigenvalue weighted by Crippen LogP contribution is 2.47. The minimum absolute atomic E-state index is 0.0457. The quantitative estimate of drug-likeness (QED) is 0.696. The minimum Gasteiger partial charge on any atom is -0.497 e. The molecule has 0 radical (unpaired) electrons. The molecular formula is C22H27NO5. The third kappa shape index (κ3) is 3.55. The van der Waals surface area contributed by atoms with Gasteiger partial charge >= 0.3 is 5.97 Å². The molecule has 0 fully saturated rings. The van der Waals surface area contributed by atoms with E-state index in [-0.39, 0.29) is 18.4 Å². The standard InChI is InChI=1S/C22H27NO5/c1-5-15-21(22(25)28-6-2)19(20-16(23-15)8-7-9-17(20)24)14-12-13(26-3)10-11-18(14)27-4/h10-12,19,21H,5-9H2,1-4H3/t19-,21?/m0/s1. The number of allylic oxidation sites excluding steroid dienone is 2. The lowest BCUT2D eigenvalue weighted by molar-refractivity contribution is -0.146. The van der Waals surface area contributed by atoms with Crippen LogP contribution in [-0.2, 0) is 14.3 Å². The largest absolute Gasteiger partial charge is 0.497 e. The summed E-state index contributed by atoms with van der Waals surface area (Å²) in [5, 5.41) is 0. The highest BCUT2D eigenvalue weighted by atomic mass is 16.5. The molecule has 150 valence electrons. The van der Waals surface area contributed by atoms with Gasteiger partial charge in [-0.25, -0.2) is 0 Å². The van der Waals surface area contributed by atoms with E-state index in [1.54, 1.807) is 33.3 Å². The average molecular weight is 385 g/mol. The summed E-state index contributed by atoms with van der Waals surface area (Å²) in [6.45, 7) is 4.02. The zero-order valence-electron chi connectivity index (χ0n) is 16.9. The zero-order chi connectivity index (χ0) is 20.3. The molecule has 6 heteroatoms. The second-order valence-corrected chi connectivity index (χ2v) is 6.91. The molecule has 3 rings (SSSR count). The topological polar surface area (TPSA) is 74.2 Å². The SMILES string of the molecule is CCOC(=O)C1C(CC)=NC2=C(C(=O)CCC2)[C@@H]1c1cc(OC)ccc1OC. The molecule has 0 saturated carbocycles. The van der Waals surface area contributed by atoms with Crippen molar-refractivity contribution in [3.8, 4) is 11.5 Å².